The molecule has 35 heavy (non-hydrogen) atoms. The number of amides is 2. The summed E-state index contributed by atoms with van der Waals surface area (Å²) >= 11 is 0. The lowest BCUT2D eigenvalue weighted by molar-refractivity contribution is -0.139. The first-order valence-electron chi connectivity index (χ1n) is 12.0. The molecule has 180 valence electrons. The number of carboxylic acid groups (broad SMARTS) is 1. The van der Waals surface area contributed by atoms with Crippen LogP contribution >= 0.6 is 0 Å². The summed E-state index contributed by atoms with van der Waals surface area (Å²) in [5.74, 6) is 4.34. The molecule has 0 spiro atoms. The maximum Gasteiger partial charge on any atom is 0.407 e. The van der Waals surface area contributed by atoms with Crippen LogP contribution in [-0.4, -0.2) is 53.7 Å². The number of carbonyl (C=O) groups excluding carboxylic acids is 2. The summed E-state index contributed by atoms with van der Waals surface area (Å²) in [6, 6.07) is 15.4. The van der Waals surface area contributed by atoms with Crippen LogP contribution in [-0.2, 0) is 14.3 Å². The van der Waals surface area contributed by atoms with Crippen molar-refractivity contribution in [3.8, 4) is 23.0 Å². The Hall–Kier alpha value is -3.79. The number of hydrogen-bond acceptors (Lipinski definition) is 4. The van der Waals surface area contributed by atoms with E-state index in [0.29, 0.717) is 19.5 Å². The number of fused-ring (bicyclic) bond motifs is 4. The molecule has 2 aromatic carbocycles. The van der Waals surface area contributed by atoms with E-state index in [9.17, 15) is 19.5 Å². The molecule has 2 aliphatic carbocycles. The summed E-state index contributed by atoms with van der Waals surface area (Å²) in [5.41, 5.74) is 4.52. The smallest absolute Gasteiger partial charge is 0.407 e. The van der Waals surface area contributed by atoms with E-state index in [-0.39, 0.29) is 42.6 Å². The van der Waals surface area contributed by atoms with Gasteiger partial charge in [0.15, 0.2) is 0 Å². The van der Waals surface area contributed by atoms with Crippen molar-refractivity contribution < 1.29 is 24.2 Å². The Kier molecular flexibility index (Phi) is 6.21. The Labute approximate surface area is 204 Å². The van der Waals surface area contributed by atoms with Crippen LogP contribution in [0, 0.1) is 29.6 Å². The van der Waals surface area contributed by atoms with Gasteiger partial charge in [-0.05, 0) is 47.4 Å². The summed E-state index contributed by atoms with van der Waals surface area (Å²) in [7, 11) is 0. The highest BCUT2D eigenvalue weighted by Gasteiger charge is 2.57. The van der Waals surface area contributed by atoms with Gasteiger partial charge in [-0.25, -0.2) is 4.79 Å². The minimum atomic E-state index is -0.836. The third-order valence-electron chi connectivity index (χ3n) is 7.51. The molecule has 2 amide bonds. The van der Waals surface area contributed by atoms with Crippen LogP contribution in [0.1, 0.15) is 36.8 Å². The van der Waals surface area contributed by atoms with Crippen LogP contribution in [0.4, 0.5) is 4.79 Å². The van der Waals surface area contributed by atoms with Gasteiger partial charge < -0.3 is 20.1 Å². The van der Waals surface area contributed by atoms with E-state index < -0.39 is 18.1 Å². The molecule has 4 atom stereocenters. The zero-order chi connectivity index (χ0) is 24.5. The van der Waals surface area contributed by atoms with E-state index in [1.165, 1.54) is 0 Å². The van der Waals surface area contributed by atoms with Crippen molar-refractivity contribution in [3.05, 3.63) is 59.7 Å². The largest absolute Gasteiger partial charge is 0.481 e. The number of rotatable bonds is 6. The van der Waals surface area contributed by atoms with Gasteiger partial charge in [-0.15, -0.1) is 11.8 Å². The lowest BCUT2D eigenvalue weighted by atomic mass is 9.98. The monoisotopic (exact) mass is 472 g/mol. The zero-order valence-corrected chi connectivity index (χ0v) is 19.6. The van der Waals surface area contributed by atoms with Gasteiger partial charge in [0.05, 0.1) is 5.92 Å². The molecule has 1 saturated carbocycles. The third kappa shape index (κ3) is 4.37. The molecule has 0 radical (unpaired) electrons. The second-order valence-electron chi connectivity index (χ2n) is 9.42. The summed E-state index contributed by atoms with van der Waals surface area (Å²) in [6.45, 7) is 2.74. The Morgan fingerprint density at radius 3 is 2.37 bits per heavy atom. The number of aliphatic carboxylic acids is 1. The fraction of sp³-hybridized carbons (Fsp3) is 0.393. The van der Waals surface area contributed by atoms with E-state index in [0.717, 1.165) is 22.3 Å². The van der Waals surface area contributed by atoms with Crippen molar-refractivity contribution in [1.82, 2.24) is 10.2 Å². The lowest BCUT2D eigenvalue weighted by Gasteiger charge is -2.29. The quantitative estimate of drug-likeness (QED) is 0.628. The Bertz CT molecular complexity index is 1180. The van der Waals surface area contributed by atoms with Crippen molar-refractivity contribution >= 4 is 18.0 Å². The van der Waals surface area contributed by atoms with Gasteiger partial charge in [0, 0.05) is 25.4 Å². The predicted molar refractivity (Wildman–Crippen MR) is 129 cm³/mol. The Balaban J connectivity index is 1.23. The first kappa shape index (κ1) is 23.0. The van der Waals surface area contributed by atoms with E-state index in [1.54, 1.807) is 11.8 Å². The summed E-state index contributed by atoms with van der Waals surface area (Å²) in [4.78, 5) is 39.0. The molecule has 3 aliphatic rings. The predicted octanol–water partition coefficient (Wildman–Crippen LogP) is 3.49. The van der Waals surface area contributed by atoms with Crippen LogP contribution in [0.15, 0.2) is 48.5 Å². The maximum absolute atomic E-state index is 13.2. The fourth-order valence-corrected chi connectivity index (χ4v) is 5.71. The zero-order valence-electron chi connectivity index (χ0n) is 19.6. The number of nitrogens with one attached hydrogen (secondary N) is 1. The number of nitrogens with zero attached hydrogens (tertiary/aromatic N) is 1. The number of carboxylic acids is 1. The minimum absolute atomic E-state index is 0.00226. The van der Waals surface area contributed by atoms with E-state index in [4.69, 9.17) is 4.74 Å². The van der Waals surface area contributed by atoms with Gasteiger partial charge in [-0.1, -0.05) is 48.5 Å². The fourth-order valence-electron chi connectivity index (χ4n) is 5.71. The highest BCUT2D eigenvalue weighted by Crippen LogP contribution is 2.51. The molecule has 7 nitrogen and oxygen atoms in total. The Morgan fingerprint density at radius 2 is 1.74 bits per heavy atom. The highest BCUT2D eigenvalue weighted by molar-refractivity contribution is 5.86. The average Bonchev–Trinajstić information content (AvgIpc) is 3.52. The van der Waals surface area contributed by atoms with Crippen LogP contribution in [0.25, 0.3) is 11.1 Å². The van der Waals surface area contributed by atoms with Gasteiger partial charge in [0.25, 0.3) is 0 Å². The lowest BCUT2D eigenvalue weighted by Crippen LogP contribution is -2.50. The molecule has 0 aromatic heterocycles. The van der Waals surface area contributed by atoms with Crippen LogP contribution in [0.2, 0.25) is 0 Å². The van der Waals surface area contributed by atoms with Crippen molar-refractivity contribution in [3.63, 3.8) is 0 Å². The van der Waals surface area contributed by atoms with Crippen molar-refractivity contribution in [2.75, 3.05) is 19.7 Å². The van der Waals surface area contributed by atoms with Gasteiger partial charge in [0.1, 0.15) is 12.6 Å². The molecule has 2 aromatic rings. The van der Waals surface area contributed by atoms with Gasteiger partial charge in [-0.3, -0.25) is 9.59 Å². The van der Waals surface area contributed by atoms with Gasteiger partial charge in [-0.2, -0.15) is 0 Å². The number of benzene rings is 2. The molecule has 2 N–H and O–H groups in total. The van der Waals surface area contributed by atoms with E-state index >= 15 is 0 Å². The van der Waals surface area contributed by atoms with Crippen LogP contribution in [0.3, 0.4) is 0 Å². The van der Waals surface area contributed by atoms with Crippen molar-refractivity contribution in [2.24, 2.45) is 17.8 Å². The number of carbonyl (C=O) groups is 3. The molecule has 2 unspecified atom stereocenters. The molecule has 0 bridgehead atoms. The number of piperidine rings is 1. The number of ether oxygens (including phenoxy) is 1. The highest BCUT2D eigenvalue weighted by atomic mass is 16.5. The molecular formula is C28H28N2O5. The molecule has 1 aliphatic heterocycles. The topological polar surface area (TPSA) is 95.9 Å². The summed E-state index contributed by atoms with van der Waals surface area (Å²) in [5, 5.41) is 12.0. The summed E-state index contributed by atoms with van der Waals surface area (Å²) in [6.07, 6.45) is 0.185. The minimum Gasteiger partial charge on any atom is -0.481 e. The van der Waals surface area contributed by atoms with Gasteiger partial charge >= 0.3 is 12.1 Å². The first-order chi connectivity index (χ1) is 17.0. The third-order valence-corrected chi connectivity index (χ3v) is 7.51. The average molecular weight is 473 g/mol. The molecule has 1 heterocycles. The molecule has 5 rings (SSSR count). The molecule has 7 heteroatoms. The number of hydrogen-bond donors (Lipinski definition) is 2. The molecule has 2 fully saturated rings. The van der Waals surface area contributed by atoms with Crippen molar-refractivity contribution in [1.29, 1.82) is 0 Å². The standard InChI is InChI=1S/C28H28N2O5/c1-2-3-12-24(26(31)30-14-13-21-22(15-30)25(21)27(32)33)29-28(34)35-16-23-19-10-6-4-8-17(19)18-9-5-7-11-20(18)23/h4-11,21-25H,12-16H2,1H3,(H,29,34)(H,32,33)/t21-,22+,24?,25?/m1/s1. The number of alkyl carbamates (subject to hydrolysis) is 1. The van der Waals surface area contributed by atoms with Crippen LogP contribution in [0.5, 0.6) is 0 Å². The summed E-state index contributed by atoms with van der Waals surface area (Å²) < 4.78 is 5.62. The van der Waals surface area contributed by atoms with Gasteiger partial charge in [0.2, 0.25) is 5.91 Å². The second kappa shape index (κ2) is 9.46. The molecule has 1 saturated heterocycles. The molecular weight excluding hydrogens is 444 g/mol. The Morgan fingerprint density at radius 1 is 1.09 bits per heavy atom. The number of likely N-dealkylation sites (tertiary alicyclic amines) is 1. The maximum atomic E-state index is 13.2. The SMILES string of the molecule is CC#CCC(NC(=O)OCC1c2ccccc2-c2ccccc21)C(=O)N1CC[C@H]2C(C(=O)O)[C@H]2C1. The second-order valence-corrected chi connectivity index (χ2v) is 9.42. The van der Waals surface area contributed by atoms with E-state index in [1.807, 2.05) is 24.3 Å². The van der Waals surface area contributed by atoms with E-state index in [2.05, 4.69) is 41.4 Å². The normalized spacial score (nSPS) is 22.5. The van der Waals surface area contributed by atoms with Crippen molar-refractivity contribution in [2.45, 2.75) is 31.7 Å². The first-order valence-corrected chi connectivity index (χ1v) is 12.0. The van der Waals surface area contributed by atoms with Crippen LogP contribution < -0.4 is 5.32 Å².